The average molecular weight is 399 g/mol. The second-order valence-electron chi connectivity index (χ2n) is 7.70. The van der Waals surface area contributed by atoms with E-state index in [1.807, 2.05) is 12.1 Å². The highest BCUT2D eigenvalue weighted by Crippen LogP contribution is 2.27. The quantitative estimate of drug-likeness (QED) is 0.735. The van der Waals surface area contributed by atoms with Crippen molar-refractivity contribution >= 4 is 29.0 Å². The molecule has 1 aliphatic rings. The molecule has 0 spiro atoms. The normalized spacial score (nSPS) is 14.9. The van der Waals surface area contributed by atoms with Gasteiger partial charge >= 0.3 is 0 Å². The van der Waals surface area contributed by atoms with Crippen LogP contribution in [0.4, 0.5) is 11.4 Å². The number of anilines is 2. The fourth-order valence-electron chi connectivity index (χ4n) is 3.92. The van der Waals surface area contributed by atoms with Gasteiger partial charge in [0, 0.05) is 16.3 Å². The molecule has 0 atom stereocenters. The maximum atomic E-state index is 12.4. The molecule has 4 nitrogen and oxygen atoms in total. The Morgan fingerprint density at radius 1 is 1.07 bits per heavy atom. The number of carbonyl (C=O) groups is 1. The van der Waals surface area contributed by atoms with Crippen molar-refractivity contribution < 1.29 is 9.69 Å². The third kappa shape index (κ3) is 5.30. The summed E-state index contributed by atoms with van der Waals surface area (Å²) in [4.78, 5) is 17.7. The van der Waals surface area contributed by atoms with Crippen LogP contribution in [0.3, 0.4) is 0 Å². The molecule has 1 amide bonds. The fraction of sp³-hybridized carbons (Fsp3) is 0.435. The summed E-state index contributed by atoms with van der Waals surface area (Å²) in [5.41, 5.74) is 5.86. The van der Waals surface area contributed by atoms with Crippen LogP contribution >= 0.6 is 11.8 Å². The highest BCUT2D eigenvalue weighted by atomic mass is 32.2. The van der Waals surface area contributed by atoms with Gasteiger partial charge in [-0.15, -0.1) is 11.8 Å². The van der Waals surface area contributed by atoms with Crippen LogP contribution in [0.25, 0.3) is 0 Å². The van der Waals surface area contributed by atoms with Gasteiger partial charge in [-0.3, -0.25) is 4.79 Å². The minimum absolute atomic E-state index is 0.0392. The smallest absolute Gasteiger partial charge is 0.234 e. The van der Waals surface area contributed by atoms with Crippen LogP contribution in [0.15, 0.2) is 41.3 Å². The van der Waals surface area contributed by atoms with Gasteiger partial charge in [0.1, 0.15) is 0 Å². The monoisotopic (exact) mass is 398 g/mol. The first-order valence-corrected chi connectivity index (χ1v) is 11.1. The SMILES string of the molecule is CC[NH+]1CCN(c2ccc(NC(=O)CSc3c(C)cc(C)cc3C)cc2)CC1. The molecule has 2 N–H and O–H groups in total. The van der Waals surface area contributed by atoms with Gasteiger partial charge in [-0.2, -0.15) is 0 Å². The number of rotatable bonds is 6. The van der Waals surface area contributed by atoms with E-state index in [1.54, 1.807) is 16.7 Å². The lowest BCUT2D eigenvalue weighted by Gasteiger charge is -2.33. The molecule has 0 aliphatic carbocycles. The first-order chi connectivity index (χ1) is 13.5. The van der Waals surface area contributed by atoms with Crippen molar-refractivity contribution in [1.82, 2.24) is 0 Å². The van der Waals surface area contributed by atoms with Crippen molar-refractivity contribution in [2.24, 2.45) is 0 Å². The van der Waals surface area contributed by atoms with Crippen LogP contribution in [0.1, 0.15) is 23.6 Å². The number of benzene rings is 2. The Morgan fingerprint density at radius 2 is 1.68 bits per heavy atom. The van der Waals surface area contributed by atoms with Crippen molar-refractivity contribution in [2.45, 2.75) is 32.6 Å². The Kier molecular flexibility index (Phi) is 7.03. The van der Waals surface area contributed by atoms with Gasteiger partial charge in [0.2, 0.25) is 5.91 Å². The number of nitrogens with zero attached hydrogens (tertiary/aromatic N) is 1. The topological polar surface area (TPSA) is 36.8 Å². The van der Waals surface area contributed by atoms with Gasteiger partial charge in [-0.25, -0.2) is 0 Å². The number of likely N-dealkylation sites (N-methyl/N-ethyl adjacent to an activating group) is 1. The van der Waals surface area contributed by atoms with Gasteiger partial charge < -0.3 is 15.1 Å². The zero-order chi connectivity index (χ0) is 20.1. The lowest BCUT2D eigenvalue weighted by molar-refractivity contribution is -0.898. The summed E-state index contributed by atoms with van der Waals surface area (Å²) in [5, 5.41) is 3.03. The van der Waals surface area contributed by atoms with Crippen molar-refractivity contribution in [3.8, 4) is 0 Å². The van der Waals surface area contributed by atoms with E-state index in [0.717, 1.165) is 18.8 Å². The molecule has 1 saturated heterocycles. The van der Waals surface area contributed by atoms with Crippen molar-refractivity contribution in [3.63, 3.8) is 0 Å². The maximum Gasteiger partial charge on any atom is 0.234 e. The van der Waals surface area contributed by atoms with E-state index in [0.29, 0.717) is 5.75 Å². The summed E-state index contributed by atoms with van der Waals surface area (Å²) >= 11 is 1.62. The fourth-order valence-corrected chi connectivity index (χ4v) is 4.84. The van der Waals surface area contributed by atoms with E-state index in [1.165, 1.54) is 46.9 Å². The Labute approximate surface area is 173 Å². The molecule has 0 radical (unpaired) electrons. The van der Waals surface area contributed by atoms with E-state index < -0.39 is 0 Å². The second kappa shape index (κ2) is 9.48. The first kappa shape index (κ1) is 20.7. The Morgan fingerprint density at radius 3 is 2.25 bits per heavy atom. The molecule has 0 bridgehead atoms. The summed E-state index contributed by atoms with van der Waals surface area (Å²) in [6.45, 7) is 14.4. The molecule has 0 aromatic heterocycles. The van der Waals surface area contributed by atoms with E-state index >= 15 is 0 Å². The lowest BCUT2D eigenvalue weighted by Crippen LogP contribution is -3.14. The third-order valence-electron chi connectivity index (χ3n) is 5.44. The molecule has 2 aromatic rings. The second-order valence-corrected chi connectivity index (χ2v) is 8.69. The number of hydrogen-bond donors (Lipinski definition) is 2. The Balaban J connectivity index is 1.52. The van der Waals surface area contributed by atoms with E-state index in [2.05, 4.69) is 62.2 Å². The van der Waals surface area contributed by atoms with Crippen LogP contribution in [0.2, 0.25) is 0 Å². The minimum atomic E-state index is 0.0392. The highest BCUT2D eigenvalue weighted by molar-refractivity contribution is 8.00. The van der Waals surface area contributed by atoms with Crippen molar-refractivity contribution in [2.75, 3.05) is 48.7 Å². The van der Waals surface area contributed by atoms with Gasteiger partial charge in [0.15, 0.2) is 0 Å². The molecule has 0 unspecified atom stereocenters. The van der Waals surface area contributed by atoms with Gasteiger partial charge in [-0.05, 0) is 63.1 Å². The summed E-state index contributed by atoms with van der Waals surface area (Å²) in [5.74, 6) is 0.464. The van der Waals surface area contributed by atoms with Crippen LogP contribution in [0.5, 0.6) is 0 Å². The summed E-state index contributed by atoms with van der Waals surface area (Å²) in [7, 11) is 0. The molecular weight excluding hydrogens is 366 g/mol. The number of hydrogen-bond acceptors (Lipinski definition) is 3. The highest BCUT2D eigenvalue weighted by Gasteiger charge is 2.18. The van der Waals surface area contributed by atoms with Crippen molar-refractivity contribution in [1.29, 1.82) is 0 Å². The Hall–Kier alpha value is -1.98. The summed E-state index contributed by atoms with van der Waals surface area (Å²) in [6.07, 6.45) is 0. The standard InChI is InChI=1S/C23H31N3OS/c1-5-25-10-12-26(13-11-25)21-8-6-20(7-9-21)24-22(27)16-28-23-18(3)14-17(2)15-19(23)4/h6-9,14-15H,5,10-13,16H2,1-4H3,(H,24,27)/p+1. The molecule has 1 aliphatic heterocycles. The summed E-state index contributed by atoms with van der Waals surface area (Å²) < 4.78 is 0. The molecule has 150 valence electrons. The molecular formula is C23H32N3OS+. The van der Waals surface area contributed by atoms with Gasteiger partial charge in [0.25, 0.3) is 0 Å². The molecule has 1 heterocycles. The lowest BCUT2D eigenvalue weighted by atomic mass is 10.1. The molecule has 28 heavy (non-hydrogen) atoms. The van der Waals surface area contributed by atoms with Crippen LogP contribution in [0, 0.1) is 20.8 Å². The van der Waals surface area contributed by atoms with E-state index in [9.17, 15) is 4.79 Å². The average Bonchev–Trinajstić information content (AvgIpc) is 2.68. The largest absolute Gasteiger partial charge is 0.360 e. The van der Waals surface area contributed by atoms with Crippen molar-refractivity contribution in [3.05, 3.63) is 53.1 Å². The van der Waals surface area contributed by atoms with Gasteiger partial charge in [-0.1, -0.05) is 17.7 Å². The third-order valence-corrected chi connectivity index (χ3v) is 6.78. The number of piperazine rings is 1. The maximum absolute atomic E-state index is 12.4. The van der Waals surface area contributed by atoms with E-state index in [4.69, 9.17) is 0 Å². The van der Waals surface area contributed by atoms with Crippen LogP contribution < -0.4 is 15.1 Å². The van der Waals surface area contributed by atoms with Crippen LogP contribution in [-0.2, 0) is 4.79 Å². The summed E-state index contributed by atoms with van der Waals surface area (Å²) in [6, 6.07) is 12.6. The number of quaternary nitrogens is 1. The first-order valence-electron chi connectivity index (χ1n) is 10.2. The zero-order valence-electron chi connectivity index (χ0n) is 17.5. The molecule has 0 saturated carbocycles. The molecule has 5 heteroatoms. The Bertz CT molecular complexity index is 788. The molecule has 2 aromatic carbocycles. The van der Waals surface area contributed by atoms with E-state index in [-0.39, 0.29) is 5.91 Å². The predicted octanol–water partition coefficient (Wildman–Crippen LogP) is 3.07. The predicted molar refractivity (Wildman–Crippen MR) is 120 cm³/mol. The number of thioether (sulfide) groups is 1. The number of carbonyl (C=O) groups excluding carboxylic acids is 1. The zero-order valence-corrected chi connectivity index (χ0v) is 18.3. The number of nitrogens with one attached hydrogen (secondary N) is 2. The molecule has 3 rings (SSSR count). The molecule has 1 fully saturated rings. The number of aryl methyl sites for hydroxylation is 3. The van der Waals surface area contributed by atoms with Gasteiger partial charge in [0.05, 0.1) is 38.5 Å². The minimum Gasteiger partial charge on any atom is -0.360 e. The number of amides is 1. The van der Waals surface area contributed by atoms with Crippen LogP contribution in [-0.4, -0.2) is 44.4 Å².